The van der Waals surface area contributed by atoms with Crippen LogP contribution in [0.5, 0.6) is 0 Å². The molecule has 3 aromatic carbocycles. The fourth-order valence-corrected chi connectivity index (χ4v) is 6.47. The van der Waals surface area contributed by atoms with E-state index in [4.69, 9.17) is 0 Å². The molecule has 0 aromatic heterocycles. The van der Waals surface area contributed by atoms with Crippen LogP contribution in [0, 0.1) is 0 Å². The molecule has 3 aromatic rings. The fraction of sp³-hybridized carbons (Fsp3) is 0.500. The third kappa shape index (κ3) is 4.64. The van der Waals surface area contributed by atoms with Crippen LogP contribution in [0.15, 0.2) is 60.7 Å². The lowest BCUT2D eigenvalue weighted by Crippen LogP contribution is -2.34. The maximum Gasteiger partial charge on any atom is 0.0623 e. The summed E-state index contributed by atoms with van der Waals surface area (Å²) in [6.07, 6.45) is 2.48. The standard InChI is InChI=1S/C36H47N/c1-33(2,3)25-15-11-23(12-16-25)31-27-21-28-29(36(9,10)20-19-35(28,7)8)22-30(27)37-32(31)24-13-17-26(18-14-24)34(4,5)6/h11-18,21-22,31-32,37H,19-20H2,1-10H3. The predicted molar refractivity (Wildman–Crippen MR) is 160 cm³/mol. The van der Waals surface area contributed by atoms with Gasteiger partial charge in [0.25, 0.3) is 0 Å². The Morgan fingerprint density at radius 2 is 1.05 bits per heavy atom. The molecule has 1 heteroatoms. The molecule has 0 fully saturated rings. The molecule has 196 valence electrons. The Balaban J connectivity index is 1.66. The lowest BCUT2D eigenvalue weighted by atomic mass is 9.62. The van der Waals surface area contributed by atoms with E-state index >= 15 is 0 Å². The Morgan fingerprint density at radius 1 is 0.622 bits per heavy atom. The van der Waals surface area contributed by atoms with Crippen molar-refractivity contribution < 1.29 is 0 Å². The first kappa shape index (κ1) is 26.1. The van der Waals surface area contributed by atoms with Crippen molar-refractivity contribution in [2.75, 3.05) is 5.32 Å². The molecule has 0 bridgehead atoms. The molecular formula is C36H47N. The molecule has 0 amide bonds. The minimum absolute atomic E-state index is 0.154. The second kappa shape index (κ2) is 8.48. The Bertz CT molecular complexity index is 1290. The molecule has 1 aliphatic carbocycles. The largest absolute Gasteiger partial charge is 0.377 e. The summed E-state index contributed by atoms with van der Waals surface area (Å²) in [7, 11) is 0. The molecule has 0 saturated carbocycles. The first-order chi connectivity index (χ1) is 17.1. The summed E-state index contributed by atoms with van der Waals surface area (Å²) in [6.45, 7) is 23.5. The summed E-state index contributed by atoms with van der Waals surface area (Å²) in [6, 6.07) is 24.1. The summed E-state index contributed by atoms with van der Waals surface area (Å²) >= 11 is 0. The SMILES string of the molecule is CC(C)(C)c1ccc(C2Nc3cc4c(cc3C2c2ccc(C(C)(C)C)cc2)C(C)(C)CCC4(C)C)cc1. The van der Waals surface area contributed by atoms with Gasteiger partial charge in [0.2, 0.25) is 0 Å². The molecule has 2 atom stereocenters. The molecule has 1 heterocycles. The average Bonchev–Trinajstić information content (AvgIpc) is 3.19. The average molecular weight is 494 g/mol. The maximum atomic E-state index is 4.02. The molecule has 5 rings (SSSR count). The molecule has 1 aliphatic heterocycles. The maximum absolute atomic E-state index is 4.02. The van der Waals surface area contributed by atoms with Crippen LogP contribution in [0.2, 0.25) is 0 Å². The Morgan fingerprint density at radius 3 is 1.51 bits per heavy atom. The molecule has 2 unspecified atom stereocenters. The molecule has 0 spiro atoms. The zero-order valence-electron chi connectivity index (χ0n) is 24.8. The van der Waals surface area contributed by atoms with E-state index in [2.05, 4.69) is 135 Å². The van der Waals surface area contributed by atoms with Gasteiger partial charge in [-0.3, -0.25) is 0 Å². The van der Waals surface area contributed by atoms with E-state index in [1.165, 1.54) is 51.9 Å². The summed E-state index contributed by atoms with van der Waals surface area (Å²) in [5, 5.41) is 4.02. The summed E-state index contributed by atoms with van der Waals surface area (Å²) < 4.78 is 0. The van der Waals surface area contributed by atoms with Gasteiger partial charge in [-0.2, -0.15) is 0 Å². The number of rotatable bonds is 2. The van der Waals surface area contributed by atoms with E-state index in [-0.39, 0.29) is 33.6 Å². The molecular weight excluding hydrogens is 446 g/mol. The van der Waals surface area contributed by atoms with Crippen LogP contribution in [-0.2, 0) is 21.7 Å². The molecule has 1 nitrogen and oxygen atoms in total. The highest BCUT2D eigenvalue weighted by Crippen LogP contribution is 2.54. The van der Waals surface area contributed by atoms with Gasteiger partial charge in [-0.25, -0.2) is 0 Å². The molecule has 2 aliphatic rings. The second-order valence-electron chi connectivity index (χ2n) is 15.1. The van der Waals surface area contributed by atoms with Gasteiger partial charge in [-0.15, -0.1) is 0 Å². The van der Waals surface area contributed by atoms with Crippen molar-refractivity contribution in [3.63, 3.8) is 0 Å². The molecule has 37 heavy (non-hydrogen) atoms. The van der Waals surface area contributed by atoms with E-state index in [0.29, 0.717) is 0 Å². The van der Waals surface area contributed by atoms with E-state index in [1.807, 2.05) is 0 Å². The third-order valence-corrected chi connectivity index (χ3v) is 9.27. The highest BCUT2D eigenvalue weighted by Gasteiger charge is 2.42. The quantitative estimate of drug-likeness (QED) is 0.374. The van der Waals surface area contributed by atoms with Crippen LogP contribution in [0.25, 0.3) is 0 Å². The first-order valence-corrected chi connectivity index (χ1v) is 14.2. The highest BCUT2D eigenvalue weighted by molar-refractivity contribution is 5.68. The van der Waals surface area contributed by atoms with Crippen LogP contribution in [0.1, 0.15) is 133 Å². The summed E-state index contributed by atoms with van der Waals surface area (Å²) in [5.41, 5.74) is 12.1. The highest BCUT2D eigenvalue weighted by atomic mass is 15.0. The number of nitrogens with one attached hydrogen (secondary N) is 1. The summed E-state index contributed by atoms with van der Waals surface area (Å²) in [5.74, 6) is 0.288. The van der Waals surface area contributed by atoms with E-state index < -0.39 is 0 Å². The lowest BCUT2D eigenvalue weighted by Gasteiger charge is -2.42. The van der Waals surface area contributed by atoms with E-state index in [1.54, 1.807) is 5.56 Å². The van der Waals surface area contributed by atoms with Crippen LogP contribution < -0.4 is 5.32 Å². The van der Waals surface area contributed by atoms with Crippen LogP contribution in [-0.4, -0.2) is 0 Å². The minimum atomic E-state index is 0.154. The number of benzene rings is 3. The van der Waals surface area contributed by atoms with Crippen LogP contribution in [0.4, 0.5) is 5.69 Å². The van der Waals surface area contributed by atoms with Crippen molar-refractivity contribution in [1.29, 1.82) is 0 Å². The van der Waals surface area contributed by atoms with Crippen LogP contribution >= 0.6 is 0 Å². The molecule has 1 N–H and O–H groups in total. The van der Waals surface area contributed by atoms with E-state index in [0.717, 1.165) is 0 Å². The van der Waals surface area contributed by atoms with Gasteiger partial charge in [0.1, 0.15) is 0 Å². The zero-order valence-corrected chi connectivity index (χ0v) is 24.8. The van der Waals surface area contributed by atoms with Gasteiger partial charge in [0.15, 0.2) is 0 Å². The van der Waals surface area contributed by atoms with Crippen molar-refractivity contribution in [2.24, 2.45) is 0 Å². The minimum Gasteiger partial charge on any atom is -0.377 e. The van der Waals surface area contributed by atoms with Crippen molar-refractivity contribution in [3.05, 3.63) is 99.6 Å². The fourth-order valence-electron chi connectivity index (χ4n) is 6.47. The lowest BCUT2D eigenvalue weighted by molar-refractivity contribution is 0.332. The third-order valence-electron chi connectivity index (χ3n) is 9.27. The van der Waals surface area contributed by atoms with Gasteiger partial charge >= 0.3 is 0 Å². The number of hydrogen-bond acceptors (Lipinski definition) is 1. The Kier molecular flexibility index (Phi) is 5.98. The number of hydrogen-bond donors (Lipinski definition) is 1. The monoisotopic (exact) mass is 493 g/mol. The molecule has 0 radical (unpaired) electrons. The summed E-state index contributed by atoms with van der Waals surface area (Å²) in [4.78, 5) is 0. The van der Waals surface area contributed by atoms with Gasteiger partial charge in [-0.05, 0) is 79.5 Å². The van der Waals surface area contributed by atoms with Crippen molar-refractivity contribution in [3.8, 4) is 0 Å². The van der Waals surface area contributed by atoms with Crippen molar-refractivity contribution in [2.45, 2.75) is 116 Å². The van der Waals surface area contributed by atoms with Gasteiger partial charge in [0.05, 0.1) is 6.04 Å². The Labute approximate surface area is 226 Å². The zero-order chi connectivity index (χ0) is 27.0. The predicted octanol–water partition coefficient (Wildman–Crippen LogP) is 9.93. The van der Waals surface area contributed by atoms with E-state index in [9.17, 15) is 0 Å². The first-order valence-electron chi connectivity index (χ1n) is 14.2. The molecule has 0 saturated heterocycles. The number of fused-ring (bicyclic) bond motifs is 2. The van der Waals surface area contributed by atoms with Gasteiger partial charge < -0.3 is 5.32 Å². The smallest absolute Gasteiger partial charge is 0.0623 e. The van der Waals surface area contributed by atoms with Gasteiger partial charge in [0, 0.05) is 11.6 Å². The van der Waals surface area contributed by atoms with Crippen molar-refractivity contribution >= 4 is 5.69 Å². The van der Waals surface area contributed by atoms with Crippen LogP contribution in [0.3, 0.4) is 0 Å². The second-order valence-corrected chi connectivity index (χ2v) is 15.1. The topological polar surface area (TPSA) is 12.0 Å². The van der Waals surface area contributed by atoms with Crippen molar-refractivity contribution in [1.82, 2.24) is 0 Å². The Hall–Kier alpha value is -2.54. The number of anilines is 1. The normalized spacial score (nSPS) is 22.2. The van der Waals surface area contributed by atoms with Gasteiger partial charge in [-0.1, -0.05) is 124 Å².